The molecule has 0 bridgehead atoms. The van der Waals surface area contributed by atoms with Crippen molar-refractivity contribution in [2.24, 2.45) is 0 Å². The summed E-state index contributed by atoms with van der Waals surface area (Å²) >= 11 is 6.11. The molecule has 2 fully saturated rings. The smallest absolute Gasteiger partial charge is 0.116 e. The van der Waals surface area contributed by atoms with E-state index in [0.717, 1.165) is 33.6 Å². The van der Waals surface area contributed by atoms with Gasteiger partial charge >= 0.3 is 0 Å². The van der Waals surface area contributed by atoms with E-state index in [0.29, 0.717) is 12.0 Å². The Bertz CT molecular complexity index is 971. The van der Waals surface area contributed by atoms with E-state index in [1.54, 1.807) is 12.5 Å². The first kappa shape index (κ1) is 20.7. The van der Waals surface area contributed by atoms with E-state index < -0.39 is 0 Å². The molecule has 5 nitrogen and oxygen atoms in total. The highest BCUT2D eigenvalue weighted by Gasteiger charge is 2.29. The third-order valence-corrected chi connectivity index (χ3v) is 7.21. The number of H-pyrrole nitrogens is 1. The van der Waals surface area contributed by atoms with Gasteiger partial charge in [-0.3, -0.25) is 5.10 Å². The summed E-state index contributed by atoms with van der Waals surface area (Å²) in [6, 6.07) is 11.2. The van der Waals surface area contributed by atoms with Crippen LogP contribution in [-0.2, 0) is 0 Å². The summed E-state index contributed by atoms with van der Waals surface area (Å²) in [6.45, 7) is 0. The van der Waals surface area contributed by atoms with E-state index in [1.165, 1.54) is 63.5 Å². The molecule has 2 aliphatic carbocycles. The highest BCUT2D eigenvalue weighted by atomic mass is 35.5. The molecule has 6 heteroatoms. The quantitative estimate of drug-likeness (QED) is 0.505. The predicted octanol–water partition coefficient (Wildman–Crippen LogP) is 6.14. The van der Waals surface area contributed by atoms with Crippen molar-refractivity contribution >= 4 is 11.6 Å². The third kappa shape index (κ3) is 4.68. The summed E-state index contributed by atoms with van der Waals surface area (Å²) in [7, 11) is 0. The first-order valence-corrected chi connectivity index (χ1v) is 12.0. The van der Waals surface area contributed by atoms with E-state index in [9.17, 15) is 0 Å². The first-order valence-electron chi connectivity index (χ1n) is 11.6. The zero-order valence-corrected chi connectivity index (χ0v) is 18.6. The van der Waals surface area contributed by atoms with Gasteiger partial charge in [-0.15, -0.1) is 0 Å². The SMILES string of the molecule is Clc1ccc(-c2n[nH]c([C@H]3CC[C@H](NC4CCCCC4)CC3)c2-c2ccncn2)cc1. The molecule has 2 aromatic heterocycles. The molecule has 162 valence electrons. The van der Waals surface area contributed by atoms with Crippen LogP contribution in [0.15, 0.2) is 42.9 Å². The topological polar surface area (TPSA) is 66.5 Å². The van der Waals surface area contributed by atoms with Crippen LogP contribution in [0.1, 0.15) is 69.4 Å². The molecule has 0 spiro atoms. The maximum Gasteiger partial charge on any atom is 0.116 e. The Morgan fingerprint density at radius 1 is 0.871 bits per heavy atom. The molecule has 0 saturated heterocycles. The van der Waals surface area contributed by atoms with Gasteiger partial charge in [0.25, 0.3) is 0 Å². The molecular weight excluding hydrogens is 406 g/mol. The summed E-state index contributed by atoms with van der Waals surface area (Å²) in [6.07, 6.45) is 15.1. The van der Waals surface area contributed by atoms with Crippen molar-refractivity contribution in [1.29, 1.82) is 0 Å². The average molecular weight is 436 g/mol. The Hall–Kier alpha value is -2.24. The van der Waals surface area contributed by atoms with E-state index in [1.807, 2.05) is 30.3 Å². The third-order valence-electron chi connectivity index (χ3n) is 6.96. The number of halogens is 1. The maximum atomic E-state index is 6.11. The standard InChI is InChI=1S/C25H30ClN5/c26-19-10-6-17(7-11-19)24-23(22-14-15-27-16-28-22)25(31-30-24)18-8-12-21(13-9-18)29-20-4-2-1-3-5-20/h6-7,10-11,14-16,18,20-21,29H,1-5,8-9,12-13H2,(H,30,31)/t18-,21-. The minimum Gasteiger partial charge on any atom is -0.311 e. The number of aromatic amines is 1. The monoisotopic (exact) mass is 435 g/mol. The van der Waals surface area contributed by atoms with Crippen LogP contribution >= 0.6 is 11.6 Å². The minimum absolute atomic E-state index is 0.475. The molecule has 0 unspecified atom stereocenters. The molecule has 2 saturated carbocycles. The average Bonchev–Trinajstić information content (AvgIpc) is 3.26. The zero-order chi connectivity index (χ0) is 21.0. The Morgan fingerprint density at radius 3 is 2.32 bits per heavy atom. The largest absolute Gasteiger partial charge is 0.311 e. The Labute approximate surface area is 189 Å². The molecule has 2 heterocycles. The molecule has 5 rings (SSSR count). The maximum absolute atomic E-state index is 6.11. The molecule has 31 heavy (non-hydrogen) atoms. The summed E-state index contributed by atoms with van der Waals surface area (Å²) in [5.74, 6) is 0.475. The minimum atomic E-state index is 0.475. The van der Waals surface area contributed by atoms with Crippen molar-refractivity contribution in [2.75, 3.05) is 0 Å². The van der Waals surface area contributed by atoms with E-state index in [-0.39, 0.29) is 0 Å². The second-order valence-corrected chi connectivity index (χ2v) is 9.45. The van der Waals surface area contributed by atoms with E-state index in [4.69, 9.17) is 16.7 Å². The van der Waals surface area contributed by atoms with Gasteiger partial charge in [-0.2, -0.15) is 5.10 Å². The molecule has 0 amide bonds. The number of aromatic nitrogens is 4. The first-order chi connectivity index (χ1) is 15.3. The van der Waals surface area contributed by atoms with Gasteiger partial charge in [0.2, 0.25) is 0 Å². The van der Waals surface area contributed by atoms with Gasteiger partial charge < -0.3 is 5.32 Å². The van der Waals surface area contributed by atoms with E-state index >= 15 is 0 Å². The van der Waals surface area contributed by atoms with Gasteiger partial charge in [0.1, 0.15) is 12.0 Å². The summed E-state index contributed by atoms with van der Waals surface area (Å²) < 4.78 is 0. The highest BCUT2D eigenvalue weighted by molar-refractivity contribution is 6.30. The number of hydrogen-bond acceptors (Lipinski definition) is 4. The van der Waals surface area contributed by atoms with E-state index in [2.05, 4.69) is 20.4 Å². The van der Waals surface area contributed by atoms with Gasteiger partial charge in [0.15, 0.2) is 0 Å². The lowest BCUT2D eigenvalue weighted by Crippen LogP contribution is -2.41. The van der Waals surface area contributed by atoms with Gasteiger partial charge in [-0.25, -0.2) is 9.97 Å². The van der Waals surface area contributed by atoms with Gasteiger partial charge in [0, 0.05) is 46.0 Å². The Balaban J connectivity index is 1.37. The summed E-state index contributed by atoms with van der Waals surface area (Å²) in [5.41, 5.74) is 5.22. The Morgan fingerprint density at radius 2 is 1.61 bits per heavy atom. The lowest BCUT2D eigenvalue weighted by molar-refractivity contribution is 0.277. The zero-order valence-electron chi connectivity index (χ0n) is 17.9. The predicted molar refractivity (Wildman–Crippen MR) is 125 cm³/mol. The van der Waals surface area contributed by atoms with Crippen molar-refractivity contribution in [2.45, 2.75) is 75.8 Å². The fourth-order valence-electron chi connectivity index (χ4n) is 5.32. The lowest BCUT2D eigenvalue weighted by Gasteiger charge is -2.33. The van der Waals surface area contributed by atoms with Crippen LogP contribution < -0.4 is 5.32 Å². The second kappa shape index (κ2) is 9.49. The van der Waals surface area contributed by atoms with Crippen LogP contribution in [0.25, 0.3) is 22.5 Å². The number of hydrogen-bond donors (Lipinski definition) is 2. The van der Waals surface area contributed by atoms with Crippen LogP contribution in [-0.4, -0.2) is 32.2 Å². The summed E-state index contributed by atoms with van der Waals surface area (Å²) in [5, 5.41) is 12.8. The van der Waals surface area contributed by atoms with Crippen molar-refractivity contribution in [3.63, 3.8) is 0 Å². The number of nitrogens with zero attached hydrogens (tertiary/aromatic N) is 3. The molecular formula is C25H30ClN5. The van der Waals surface area contributed by atoms with Crippen molar-refractivity contribution in [3.8, 4) is 22.5 Å². The second-order valence-electron chi connectivity index (χ2n) is 9.01. The molecule has 1 aromatic carbocycles. The fourth-order valence-corrected chi connectivity index (χ4v) is 5.44. The molecule has 0 radical (unpaired) electrons. The van der Waals surface area contributed by atoms with Gasteiger partial charge in [-0.1, -0.05) is 43.0 Å². The molecule has 0 aliphatic heterocycles. The molecule has 2 N–H and O–H groups in total. The number of benzene rings is 1. The van der Waals surface area contributed by atoms with Gasteiger partial charge in [-0.05, 0) is 56.7 Å². The molecule has 0 atom stereocenters. The molecule has 2 aliphatic rings. The number of rotatable bonds is 5. The summed E-state index contributed by atoms with van der Waals surface area (Å²) in [4.78, 5) is 8.67. The number of nitrogens with one attached hydrogen (secondary N) is 2. The van der Waals surface area contributed by atoms with Crippen molar-refractivity contribution in [1.82, 2.24) is 25.5 Å². The Kier molecular flexibility index (Phi) is 6.32. The van der Waals surface area contributed by atoms with Crippen LogP contribution in [0.3, 0.4) is 0 Å². The fraction of sp³-hybridized carbons (Fsp3) is 0.480. The van der Waals surface area contributed by atoms with Crippen LogP contribution in [0.5, 0.6) is 0 Å². The lowest BCUT2D eigenvalue weighted by atomic mass is 9.81. The van der Waals surface area contributed by atoms with Crippen LogP contribution in [0.2, 0.25) is 5.02 Å². The van der Waals surface area contributed by atoms with Crippen molar-refractivity contribution in [3.05, 3.63) is 53.6 Å². The van der Waals surface area contributed by atoms with Crippen LogP contribution in [0, 0.1) is 0 Å². The highest BCUT2D eigenvalue weighted by Crippen LogP contribution is 2.41. The normalized spacial score (nSPS) is 22.5. The van der Waals surface area contributed by atoms with Gasteiger partial charge in [0.05, 0.1) is 5.69 Å². The molecule has 3 aromatic rings. The van der Waals surface area contributed by atoms with Crippen LogP contribution in [0.4, 0.5) is 0 Å². The van der Waals surface area contributed by atoms with Crippen molar-refractivity contribution < 1.29 is 0 Å².